The van der Waals surface area contributed by atoms with Crippen LogP contribution in [0.1, 0.15) is 93.1 Å². The minimum atomic E-state index is -1.19. The second-order valence-electron chi connectivity index (χ2n) is 14.1. The van der Waals surface area contributed by atoms with Gasteiger partial charge in [0.15, 0.2) is 0 Å². The van der Waals surface area contributed by atoms with E-state index in [1.165, 1.54) is 44.8 Å². The molecule has 322 valence electrons. The fourth-order valence-electron chi connectivity index (χ4n) is 5.77. The fourth-order valence-corrected chi connectivity index (χ4v) is 5.86. The molecule has 0 spiro atoms. The Balaban J connectivity index is -0.00000116. The van der Waals surface area contributed by atoms with Crippen LogP contribution < -0.4 is 16.0 Å². The number of likely N-dealkylation sites (tertiary alicyclic amines) is 1. The Kier molecular flexibility index (Phi) is 30.5. The molecule has 0 radical (unpaired) electrons. The SMILES string of the molecule is CCC.CCC(C)C(C(CC(=O)N1CCCC1C(OC)C(C)C)OC)N(C)C(=O)CNC(=O)C(C)(C)N[C-]=O.COC(=O)CNC=S.Cc1ccccc1.[Fm]. The van der Waals surface area contributed by atoms with Crippen LogP contribution in [0.4, 0.5) is 0 Å². The van der Waals surface area contributed by atoms with Crippen molar-refractivity contribution in [1.29, 1.82) is 0 Å². The number of benzene rings is 1. The van der Waals surface area contributed by atoms with Crippen LogP contribution in [0.3, 0.4) is 0 Å². The van der Waals surface area contributed by atoms with Gasteiger partial charge in [0.05, 0.1) is 55.4 Å². The van der Waals surface area contributed by atoms with E-state index in [1.54, 1.807) is 26.2 Å². The van der Waals surface area contributed by atoms with E-state index in [0.29, 0.717) is 6.54 Å². The van der Waals surface area contributed by atoms with Crippen molar-refractivity contribution in [3.8, 4) is 0 Å². The minimum absolute atomic E-state index is 0. The summed E-state index contributed by atoms with van der Waals surface area (Å²) in [6.07, 6.45) is 4.97. The molecule has 1 aromatic rings. The van der Waals surface area contributed by atoms with Gasteiger partial charge in [0.1, 0.15) is 6.54 Å². The van der Waals surface area contributed by atoms with Crippen molar-refractivity contribution in [2.45, 2.75) is 124 Å². The number of likely N-dealkylation sites (N-methyl/N-ethyl adjacent to an activating group) is 1. The second kappa shape index (κ2) is 30.7. The molecule has 1 aliphatic rings. The number of hydrogen-bond acceptors (Lipinski definition) is 9. The molecular weight excluding hydrogens is 968 g/mol. The van der Waals surface area contributed by atoms with Crippen molar-refractivity contribution in [3.05, 3.63) is 35.9 Å². The maximum absolute atomic E-state index is 13.5. The van der Waals surface area contributed by atoms with E-state index in [0.717, 1.165) is 19.3 Å². The number of aryl methyl sites for hydroxylation is 1. The summed E-state index contributed by atoms with van der Waals surface area (Å²) in [5.41, 5.74) is 1.40. The van der Waals surface area contributed by atoms with Gasteiger partial charge in [0, 0.05) is 27.8 Å². The Morgan fingerprint density at radius 3 is 2.04 bits per heavy atom. The molecule has 3 N–H and O–H groups in total. The van der Waals surface area contributed by atoms with Crippen molar-refractivity contribution >= 4 is 47.8 Å². The molecular formula is C40H70FmN5O8S-. The van der Waals surface area contributed by atoms with Crippen LogP contribution in [0.5, 0.6) is 0 Å². The number of rotatable bonds is 18. The van der Waals surface area contributed by atoms with Crippen molar-refractivity contribution < 1.29 is 38.2 Å². The molecule has 13 nitrogen and oxygen atoms in total. The summed E-state index contributed by atoms with van der Waals surface area (Å²) in [6.45, 7) is 18.2. The number of amides is 4. The van der Waals surface area contributed by atoms with E-state index in [-0.39, 0.29) is 67.3 Å². The molecule has 1 aliphatic heterocycles. The molecule has 1 fully saturated rings. The topological polar surface area (TPSA) is 156 Å². The van der Waals surface area contributed by atoms with Crippen molar-refractivity contribution in [2.75, 3.05) is 48.0 Å². The first-order valence-corrected chi connectivity index (χ1v) is 19.2. The van der Waals surface area contributed by atoms with E-state index in [4.69, 9.17) is 9.47 Å². The van der Waals surface area contributed by atoms with Gasteiger partial charge in [-0.15, -0.1) is 0 Å². The Bertz CT molecular complexity index is 1230. The Hall–Kier alpha value is -4.62. The molecule has 2 rings (SSSR count). The molecule has 1 aromatic carbocycles. The van der Waals surface area contributed by atoms with Gasteiger partial charge in [-0.25, -0.2) is 0 Å². The summed E-state index contributed by atoms with van der Waals surface area (Å²) < 4.78 is 15.8. The van der Waals surface area contributed by atoms with Crippen LogP contribution in [0.25, 0.3) is 0 Å². The zero-order valence-electron chi connectivity index (χ0n) is 35.4. The van der Waals surface area contributed by atoms with Crippen molar-refractivity contribution in [2.24, 2.45) is 11.8 Å². The normalized spacial score (nSPS) is 15.2. The van der Waals surface area contributed by atoms with E-state index in [1.807, 2.05) is 36.9 Å². The number of carbonyl (C=O) groups is 4. The average molecular weight is 1040 g/mol. The molecule has 15 heteroatoms. The van der Waals surface area contributed by atoms with Gasteiger partial charge in [-0.2, -0.15) is 6.41 Å². The first kappa shape index (κ1) is 54.7. The van der Waals surface area contributed by atoms with Gasteiger partial charge >= 0.3 is 5.97 Å². The summed E-state index contributed by atoms with van der Waals surface area (Å²) in [7, 11) is 6.25. The summed E-state index contributed by atoms with van der Waals surface area (Å²) in [4.78, 5) is 63.2. The zero-order chi connectivity index (χ0) is 41.9. The van der Waals surface area contributed by atoms with E-state index in [9.17, 15) is 24.0 Å². The smallest absolute Gasteiger partial charge is 0.325 e. The molecule has 0 bridgehead atoms. The van der Waals surface area contributed by atoms with Gasteiger partial charge in [0.25, 0.3) is 0 Å². The fraction of sp³-hybridized carbons (Fsp3) is 0.700. The van der Waals surface area contributed by atoms with Crippen LogP contribution in [-0.2, 0) is 38.2 Å². The average Bonchev–Trinajstić information content (AvgIpc) is 3.63. The third-order valence-corrected chi connectivity index (χ3v) is 9.05. The first-order chi connectivity index (χ1) is 25.5. The molecule has 1 saturated heterocycles. The van der Waals surface area contributed by atoms with E-state index in [2.05, 4.69) is 79.7 Å². The molecule has 5 unspecified atom stereocenters. The van der Waals surface area contributed by atoms with Crippen LogP contribution in [0, 0.1) is 18.8 Å². The molecule has 0 aromatic heterocycles. The minimum Gasteiger partial charge on any atom is -0.520 e. The largest absolute Gasteiger partial charge is 0.520 e. The number of methoxy groups -OCH3 is 3. The van der Waals surface area contributed by atoms with Crippen LogP contribution >= 0.6 is 12.2 Å². The van der Waals surface area contributed by atoms with Crippen LogP contribution in [0.2, 0.25) is 0 Å². The van der Waals surface area contributed by atoms with E-state index >= 15 is 0 Å². The molecule has 0 aliphatic carbocycles. The summed E-state index contributed by atoms with van der Waals surface area (Å²) in [6, 6.07) is 9.92. The van der Waals surface area contributed by atoms with Crippen LogP contribution in [-0.4, -0.2) is 123 Å². The molecule has 55 heavy (non-hydrogen) atoms. The Morgan fingerprint density at radius 1 is 1.04 bits per heavy atom. The van der Waals surface area contributed by atoms with Gasteiger partial charge in [-0.1, -0.05) is 102 Å². The number of nitrogens with zero attached hydrogens (tertiary/aromatic N) is 2. The Morgan fingerprint density at radius 2 is 1.62 bits per heavy atom. The summed E-state index contributed by atoms with van der Waals surface area (Å²) in [5, 5.41) is 7.40. The molecule has 4 amide bonds. The predicted octanol–water partition coefficient (Wildman–Crippen LogP) is 4.60. The number of esters is 1. The van der Waals surface area contributed by atoms with Gasteiger partial charge in [0.2, 0.25) is 17.7 Å². The number of thiocarbonyl (C=S) groups is 1. The monoisotopic (exact) mass is 1040 g/mol. The second-order valence-corrected chi connectivity index (χ2v) is 14.3. The number of ether oxygens (including phenoxy) is 3. The van der Waals surface area contributed by atoms with Gasteiger partial charge in [-0.3, -0.25) is 19.2 Å². The maximum atomic E-state index is 13.5. The first-order valence-electron chi connectivity index (χ1n) is 18.8. The third-order valence-electron chi connectivity index (χ3n) is 8.88. The molecule has 1 heterocycles. The van der Waals surface area contributed by atoms with Crippen LogP contribution in [0.15, 0.2) is 30.3 Å². The maximum Gasteiger partial charge on any atom is 0.325 e. The zero-order valence-corrected chi connectivity index (χ0v) is 38.7. The third kappa shape index (κ3) is 21.2. The quantitative estimate of drug-likeness (QED) is 0.0824. The molecule has 0 saturated carbocycles. The predicted molar refractivity (Wildman–Crippen MR) is 219 cm³/mol. The summed E-state index contributed by atoms with van der Waals surface area (Å²) in [5.74, 6) is -0.801. The number of nitrogens with one attached hydrogen (secondary N) is 3. The van der Waals surface area contributed by atoms with Crippen molar-refractivity contribution in [1.82, 2.24) is 25.8 Å². The number of hydrogen-bond donors (Lipinski definition) is 3. The van der Waals surface area contributed by atoms with E-state index < -0.39 is 17.6 Å². The van der Waals surface area contributed by atoms with Crippen molar-refractivity contribution in [3.63, 3.8) is 0 Å². The standard InChI is InChI=1S/C26H47N4O6.C7H8.C4H7NO2S.C3H8.Fm/c1-10-18(4)23(29(7)22(33)15-27-25(34)26(5,6)28-16-31)20(35-8)14-21(32)30-13-11-12-19(30)24(36-9)17(2)3;1-7-5-3-2-4-6-7;1-7-4(6)2-5-3-8;1-3-2;/h17-20,23-24H,10-15H2,1-9H3,(H,27,34)(H,28,31);2-6H,1H3;3H,2H2,1H3,(H,5,8);3H2,1-2H3;/q-1;;;;. The summed E-state index contributed by atoms with van der Waals surface area (Å²) >= 11 is 4.37. The van der Waals surface area contributed by atoms with Gasteiger partial charge < -0.3 is 44.8 Å². The molecule has 5 atom stereocenters. The van der Waals surface area contributed by atoms with Gasteiger partial charge in [-0.05, 0) is 45.4 Å². The number of carbonyl (C=O) groups excluding carboxylic acids is 5. The Labute approximate surface area is 331 Å².